The van der Waals surface area contributed by atoms with Crippen molar-refractivity contribution in [1.82, 2.24) is 9.80 Å². The van der Waals surface area contributed by atoms with Crippen LogP contribution in [-0.2, 0) is 9.53 Å². The van der Waals surface area contributed by atoms with Crippen molar-refractivity contribution < 1.29 is 19.1 Å². The lowest BCUT2D eigenvalue weighted by Crippen LogP contribution is -2.52. The molecule has 2 unspecified atom stereocenters. The number of carbonyl (C=O) groups is 2. The first-order valence-electron chi connectivity index (χ1n) is 8.40. The molecule has 1 aromatic carbocycles. The van der Waals surface area contributed by atoms with Gasteiger partial charge in [0.25, 0.3) is 5.91 Å². The maximum atomic E-state index is 12.4. The fraction of sp³-hybridized carbons (Fsp3) is 0.556. The van der Waals surface area contributed by atoms with Gasteiger partial charge in [-0.05, 0) is 51.5 Å². The minimum Gasteiger partial charge on any atom is -0.484 e. The van der Waals surface area contributed by atoms with Gasteiger partial charge in [0.2, 0.25) is 0 Å². The first-order chi connectivity index (χ1) is 11.7. The predicted molar refractivity (Wildman–Crippen MR) is 93.8 cm³/mol. The zero-order valence-corrected chi connectivity index (χ0v) is 15.5. The molecule has 2 atom stereocenters. The van der Waals surface area contributed by atoms with E-state index in [1.54, 1.807) is 34.1 Å². The minimum absolute atomic E-state index is 0.0166. The van der Waals surface area contributed by atoms with Gasteiger partial charge in [-0.25, -0.2) is 4.79 Å². The van der Waals surface area contributed by atoms with E-state index in [4.69, 9.17) is 21.1 Å². The summed E-state index contributed by atoms with van der Waals surface area (Å²) in [6, 6.07) is 6.97. The fourth-order valence-corrected chi connectivity index (χ4v) is 3.40. The van der Waals surface area contributed by atoms with Crippen LogP contribution in [0.1, 0.15) is 27.2 Å². The number of amides is 2. The summed E-state index contributed by atoms with van der Waals surface area (Å²) in [4.78, 5) is 28.2. The monoisotopic (exact) mass is 366 g/mol. The van der Waals surface area contributed by atoms with Crippen LogP contribution in [0.5, 0.6) is 5.75 Å². The molecule has 0 radical (unpaired) electrons. The summed E-state index contributed by atoms with van der Waals surface area (Å²) in [5.41, 5.74) is -0.513. The molecule has 7 heteroatoms. The van der Waals surface area contributed by atoms with Crippen LogP contribution >= 0.6 is 11.6 Å². The summed E-state index contributed by atoms with van der Waals surface area (Å²) in [5, 5.41) is 0.623. The molecule has 2 heterocycles. The molecule has 136 valence electrons. The molecule has 25 heavy (non-hydrogen) atoms. The highest BCUT2D eigenvalue weighted by atomic mass is 35.5. The van der Waals surface area contributed by atoms with Crippen LogP contribution in [0, 0.1) is 0 Å². The van der Waals surface area contributed by atoms with Gasteiger partial charge in [0.15, 0.2) is 6.61 Å². The number of benzene rings is 1. The van der Waals surface area contributed by atoms with Crippen molar-refractivity contribution in [2.24, 2.45) is 0 Å². The second kappa shape index (κ2) is 6.75. The first-order valence-corrected chi connectivity index (χ1v) is 8.78. The van der Waals surface area contributed by atoms with E-state index in [1.165, 1.54) is 0 Å². The van der Waals surface area contributed by atoms with E-state index in [2.05, 4.69) is 0 Å². The Bertz CT molecular complexity index is 656. The minimum atomic E-state index is -0.513. The molecule has 2 aliphatic heterocycles. The number of nitrogens with zero attached hydrogens (tertiary/aromatic N) is 2. The van der Waals surface area contributed by atoms with Crippen LogP contribution < -0.4 is 4.74 Å². The Morgan fingerprint density at radius 2 is 1.72 bits per heavy atom. The summed E-state index contributed by atoms with van der Waals surface area (Å²) in [6.07, 6.45) is 0.496. The standard InChI is InChI=1S/C18H23ClN2O4/c1-18(2,3)25-17(23)21-10-13-8-14(21)9-20(13)16(22)11-24-15-6-4-12(19)5-7-15/h4-7,13-14H,8-11H2,1-3H3. The number of piperazine rings is 1. The molecule has 0 saturated carbocycles. The summed E-state index contributed by atoms with van der Waals surface area (Å²) >= 11 is 5.83. The highest BCUT2D eigenvalue weighted by molar-refractivity contribution is 6.30. The predicted octanol–water partition coefficient (Wildman–Crippen LogP) is 2.94. The van der Waals surface area contributed by atoms with Gasteiger partial charge >= 0.3 is 6.09 Å². The Labute approximate surface area is 152 Å². The summed E-state index contributed by atoms with van der Waals surface area (Å²) < 4.78 is 11.0. The molecule has 0 aromatic heterocycles. The topological polar surface area (TPSA) is 59.1 Å². The maximum Gasteiger partial charge on any atom is 0.410 e. The second-order valence-electron chi connectivity index (χ2n) is 7.46. The van der Waals surface area contributed by atoms with Crippen molar-refractivity contribution in [2.45, 2.75) is 44.9 Å². The number of hydrogen-bond acceptors (Lipinski definition) is 4. The third kappa shape index (κ3) is 4.18. The Hall–Kier alpha value is -1.95. The number of ether oxygens (including phenoxy) is 2. The molecule has 2 bridgehead atoms. The van der Waals surface area contributed by atoms with Gasteiger partial charge in [-0.1, -0.05) is 11.6 Å². The summed E-state index contributed by atoms with van der Waals surface area (Å²) in [5.74, 6) is 0.545. The molecular weight excluding hydrogens is 344 g/mol. The summed E-state index contributed by atoms with van der Waals surface area (Å²) in [7, 11) is 0. The lowest BCUT2D eigenvalue weighted by molar-refractivity contribution is -0.135. The number of fused-ring (bicyclic) bond motifs is 2. The zero-order chi connectivity index (χ0) is 18.2. The molecule has 6 nitrogen and oxygen atoms in total. The summed E-state index contributed by atoms with van der Waals surface area (Å²) in [6.45, 7) is 6.59. The van der Waals surface area contributed by atoms with Crippen molar-refractivity contribution in [3.05, 3.63) is 29.3 Å². The van der Waals surface area contributed by atoms with Crippen molar-refractivity contribution in [1.29, 1.82) is 0 Å². The van der Waals surface area contributed by atoms with E-state index < -0.39 is 5.60 Å². The van der Waals surface area contributed by atoms with E-state index in [9.17, 15) is 9.59 Å². The Kier molecular flexibility index (Phi) is 4.82. The zero-order valence-electron chi connectivity index (χ0n) is 14.7. The molecule has 2 fully saturated rings. The third-order valence-electron chi connectivity index (χ3n) is 4.36. The number of likely N-dealkylation sites (tertiary alicyclic amines) is 2. The van der Waals surface area contributed by atoms with Crippen molar-refractivity contribution in [3.8, 4) is 5.75 Å². The molecule has 2 saturated heterocycles. The number of carbonyl (C=O) groups excluding carboxylic acids is 2. The van der Waals surface area contributed by atoms with Crippen LogP contribution in [0.2, 0.25) is 5.02 Å². The van der Waals surface area contributed by atoms with E-state index >= 15 is 0 Å². The van der Waals surface area contributed by atoms with Crippen LogP contribution in [0.3, 0.4) is 0 Å². The van der Waals surface area contributed by atoms with E-state index in [0.717, 1.165) is 6.42 Å². The fourth-order valence-electron chi connectivity index (χ4n) is 3.28. The SMILES string of the molecule is CC(C)(C)OC(=O)N1CC2CC1CN2C(=O)COc1ccc(Cl)cc1. The Morgan fingerprint density at radius 3 is 2.28 bits per heavy atom. The molecular formula is C18H23ClN2O4. The van der Waals surface area contributed by atoms with Crippen molar-refractivity contribution in [3.63, 3.8) is 0 Å². The average molecular weight is 367 g/mol. The first kappa shape index (κ1) is 17.9. The van der Waals surface area contributed by atoms with Gasteiger partial charge in [-0.3, -0.25) is 4.79 Å². The Balaban J connectivity index is 1.51. The third-order valence-corrected chi connectivity index (χ3v) is 4.62. The molecule has 2 amide bonds. The van der Waals surface area contributed by atoms with Crippen LogP contribution in [-0.4, -0.2) is 59.2 Å². The van der Waals surface area contributed by atoms with Gasteiger partial charge in [0.05, 0.1) is 12.1 Å². The van der Waals surface area contributed by atoms with Crippen LogP contribution in [0.15, 0.2) is 24.3 Å². The molecule has 2 aliphatic rings. The number of rotatable bonds is 3. The highest BCUT2D eigenvalue weighted by Crippen LogP contribution is 2.32. The van der Waals surface area contributed by atoms with Gasteiger partial charge in [-0.2, -0.15) is 0 Å². The molecule has 0 aliphatic carbocycles. The van der Waals surface area contributed by atoms with E-state index in [1.807, 2.05) is 20.8 Å². The molecule has 1 aromatic rings. The van der Waals surface area contributed by atoms with E-state index in [-0.39, 0.29) is 30.7 Å². The molecule has 3 rings (SSSR count). The van der Waals surface area contributed by atoms with Gasteiger partial charge < -0.3 is 19.3 Å². The average Bonchev–Trinajstić information content (AvgIpc) is 3.13. The van der Waals surface area contributed by atoms with Gasteiger partial charge in [-0.15, -0.1) is 0 Å². The lowest BCUT2D eigenvalue weighted by atomic mass is 10.2. The lowest BCUT2D eigenvalue weighted by Gasteiger charge is -2.35. The van der Waals surface area contributed by atoms with Gasteiger partial charge in [0.1, 0.15) is 11.4 Å². The van der Waals surface area contributed by atoms with Crippen LogP contribution in [0.25, 0.3) is 0 Å². The number of hydrogen-bond donors (Lipinski definition) is 0. The highest BCUT2D eigenvalue weighted by Gasteiger charge is 2.48. The second-order valence-corrected chi connectivity index (χ2v) is 7.90. The van der Waals surface area contributed by atoms with Crippen molar-refractivity contribution in [2.75, 3.05) is 19.7 Å². The normalized spacial score (nSPS) is 22.2. The molecule has 0 N–H and O–H groups in total. The van der Waals surface area contributed by atoms with Crippen molar-refractivity contribution >= 4 is 23.6 Å². The van der Waals surface area contributed by atoms with E-state index in [0.29, 0.717) is 23.9 Å². The smallest absolute Gasteiger partial charge is 0.410 e. The maximum absolute atomic E-state index is 12.4. The largest absolute Gasteiger partial charge is 0.484 e. The number of halogens is 1. The Morgan fingerprint density at radius 1 is 1.12 bits per heavy atom. The molecule has 0 spiro atoms. The van der Waals surface area contributed by atoms with Crippen LogP contribution in [0.4, 0.5) is 4.79 Å². The van der Waals surface area contributed by atoms with Gasteiger partial charge in [0, 0.05) is 18.1 Å². The quantitative estimate of drug-likeness (QED) is 0.825.